The minimum absolute atomic E-state index is 0.103. The molecule has 0 saturated heterocycles. The summed E-state index contributed by atoms with van der Waals surface area (Å²) >= 11 is 0. The molecule has 0 bridgehead atoms. The van der Waals surface area contributed by atoms with Crippen molar-refractivity contribution in [2.75, 3.05) is 0 Å². The van der Waals surface area contributed by atoms with Crippen LogP contribution in [-0.2, 0) is 14.4 Å². The molecular weight excluding hydrogens is 350 g/mol. The van der Waals surface area contributed by atoms with Gasteiger partial charge in [-0.25, -0.2) is 4.79 Å². The van der Waals surface area contributed by atoms with Crippen LogP contribution in [0.4, 0.5) is 0 Å². The maximum Gasteiger partial charge on any atom is 0.347 e. The monoisotopic (exact) mass is 365 g/mol. The normalized spacial score (nSPS) is 35.4. The molecule has 4 N–H and O–H groups in total. The van der Waals surface area contributed by atoms with Crippen LogP contribution in [0.2, 0.25) is 0 Å². The van der Waals surface area contributed by atoms with E-state index in [0.717, 1.165) is 6.08 Å². The minimum Gasteiger partial charge on any atom is -0.505 e. The number of carbonyl (C=O) groups is 3. The Morgan fingerprint density at radius 3 is 2.46 bits per heavy atom. The Labute approximate surface area is 146 Å². The zero-order chi connectivity index (χ0) is 19.7. The van der Waals surface area contributed by atoms with Gasteiger partial charge in [-0.2, -0.15) is 0 Å². The first kappa shape index (κ1) is 19.2. The van der Waals surface area contributed by atoms with Gasteiger partial charge in [-0.15, -0.1) is 0 Å². The van der Waals surface area contributed by atoms with E-state index in [0.29, 0.717) is 6.29 Å². The standard InChI is InChI=1S/C16H15NO9/c18-6-10-4-2-1-3-9(10)5-11-12(20)13(17(25)26)16(24,14(21)22)7-15(11,23)8-19/h1-6,8,10-11,20,23-24H,7H2,(H,21,22). The first-order chi connectivity index (χ1) is 12.1. The van der Waals surface area contributed by atoms with Crippen molar-refractivity contribution in [2.24, 2.45) is 11.8 Å². The number of aliphatic hydroxyl groups is 3. The summed E-state index contributed by atoms with van der Waals surface area (Å²) < 4.78 is 0. The molecule has 0 aromatic carbocycles. The van der Waals surface area contributed by atoms with Crippen molar-refractivity contribution in [2.45, 2.75) is 17.6 Å². The SMILES string of the molecule is O=CC1C=CC=CC1=CC1C(O)=C([N+](=O)[O-])C(O)(C(=O)O)CC1(O)C=O. The number of hydrogen-bond donors (Lipinski definition) is 4. The summed E-state index contributed by atoms with van der Waals surface area (Å²) in [6, 6.07) is 0. The van der Waals surface area contributed by atoms with E-state index in [4.69, 9.17) is 5.11 Å². The molecule has 0 aliphatic heterocycles. The second kappa shape index (κ2) is 6.65. The number of carboxylic acid groups (broad SMARTS) is 1. The predicted octanol–water partition coefficient (Wildman–Crippen LogP) is -0.334. The molecule has 138 valence electrons. The number of carboxylic acids is 1. The maximum atomic E-state index is 11.4. The number of nitro groups is 1. The summed E-state index contributed by atoms with van der Waals surface area (Å²) in [6.07, 6.45) is 6.24. The van der Waals surface area contributed by atoms with E-state index >= 15 is 0 Å². The van der Waals surface area contributed by atoms with Crippen molar-refractivity contribution in [1.29, 1.82) is 0 Å². The van der Waals surface area contributed by atoms with Crippen LogP contribution in [-0.4, -0.2) is 55.1 Å². The molecule has 2 aliphatic carbocycles. The molecule has 0 radical (unpaired) electrons. The number of aliphatic hydroxyl groups excluding tert-OH is 1. The second-order valence-electron chi connectivity index (χ2n) is 5.99. The third-order valence-corrected chi connectivity index (χ3v) is 4.36. The molecule has 0 fully saturated rings. The van der Waals surface area contributed by atoms with Crippen molar-refractivity contribution < 1.29 is 39.7 Å². The van der Waals surface area contributed by atoms with Gasteiger partial charge in [0.25, 0.3) is 5.60 Å². The van der Waals surface area contributed by atoms with E-state index in [2.05, 4.69) is 0 Å². The summed E-state index contributed by atoms with van der Waals surface area (Å²) in [5.41, 5.74) is -7.14. The summed E-state index contributed by atoms with van der Waals surface area (Å²) in [4.78, 5) is 43.8. The second-order valence-corrected chi connectivity index (χ2v) is 5.99. The lowest BCUT2D eigenvalue weighted by Crippen LogP contribution is -2.58. The van der Waals surface area contributed by atoms with Crippen molar-refractivity contribution >= 4 is 18.5 Å². The topological polar surface area (TPSA) is 175 Å². The number of rotatable bonds is 5. The average Bonchev–Trinajstić information content (AvgIpc) is 2.58. The Bertz CT molecular complexity index is 794. The predicted molar refractivity (Wildman–Crippen MR) is 84.3 cm³/mol. The Morgan fingerprint density at radius 1 is 1.31 bits per heavy atom. The Hall–Kier alpha value is -3.11. The smallest absolute Gasteiger partial charge is 0.347 e. The lowest BCUT2D eigenvalue weighted by atomic mass is 9.69. The minimum atomic E-state index is -3.27. The van der Waals surface area contributed by atoms with Crippen molar-refractivity contribution in [3.8, 4) is 0 Å². The fourth-order valence-corrected chi connectivity index (χ4v) is 3.01. The first-order valence-corrected chi connectivity index (χ1v) is 7.35. The van der Waals surface area contributed by atoms with E-state index in [9.17, 15) is 39.8 Å². The van der Waals surface area contributed by atoms with Gasteiger partial charge in [0.15, 0.2) is 12.0 Å². The molecule has 2 rings (SSSR count). The Morgan fingerprint density at radius 2 is 1.96 bits per heavy atom. The third-order valence-electron chi connectivity index (χ3n) is 4.36. The fourth-order valence-electron chi connectivity index (χ4n) is 3.01. The number of aldehydes is 2. The number of hydrogen-bond acceptors (Lipinski definition) is 8. The van der Waals surface area contributed by atoms with E-state index in [-0.39, 0.29) is 11.9 Å². The van der Waals surface area contributed by atoms with Crippen LogP contribution in [0.1, 0.15) is 6.42 Å². The molecule has 4 unspecified atom stereocenters. The number of allylic oxidation sites excluding steroid dienone is 5. The van der Waals surface area contributed by atoms with E-state index in [1.165, 1.54) is 18.2 Å². The van der Waals surface area contributed by atoms with Gasteiger partial charge in [-0.3, -0.25) is 10.1 Å². The molecule has 0 spiro atoms. The van der Waals surface area contributed by atoms with Gasteiger partial charge >= 0.3 is 11.7 Å². The van der Waals surface area contributed by atoms with Gasteiger partial charge in [0.2, 0.25) is 0 Å². The summed E-state index contributed by atoms with van der Waals surface area (Å²) in [6.45, 7) is 0. The molecule has 2 aliphatic rings. The zero-order valence-corrected chi connectivity index (χ0v) is 13.2. The Balaban J connectivity index is 2.72. The molecule has 0 aromatic heterocycles. The molecule has 10 nitrogen and oxygen atoms in total. The van der Waals surface area contributed by atoms with Crippen molar-refractivity contribution in [3.05, 3.63) is 57.5 Å². The zero-order valence-electron chi connectivity index (χ0n) is 13.2. The largest absolute Gasteiger partial charge is 0.505 e. The van der Waals surface area contributed by atoms with Gasteiger partial charge in [-0.05, 0) is 5.57 Å². The molecule has 10 heteroatoms. The number of carbonyl (C=O) groups excluding carboxylic acids is 2. The highest BCUT2D eigenvalue weighted by atomic mass is 16.6. The van der Waals surface area contributed by atoms with Crippen LogP contribution < -0.4 is 0 Å². The van der Waals surface area contributed by atoms with Gasteiger partial charge in [-0.1, -0.05) is 30.4 Å². The summed E-state index contributed by atoms with van der Waals surface area (Å²) in [7, 11) is 0. The molecule has 26 heavy (non-hydrogen) atoms. The van der Waals surface area contributed by atoms with Gasteiger partial charge < -0.3 is 30.0 Å². The van der Waals surface area contributed by atoms with Crippen LogP contribution in [0, 0.1) is 22.0 Å². The molecule has 0 saturated carbocycles. The molecule has 0 aromatic rings. The molecule has 0 amide bonds. The molecule has 0 heterocycles. The molecular formula is C16H15NO9. The summed E-state index contributed by atoms with van der Waals surface area (Å²) in [5.74, 6) is -5.90. The van der Waals surface area contributed by atoms with Crippen LogP contribution in [0.25, 0.3) is 0 Å². The van der Waals surface area contributed by atoms with E-state index in [1.54, 1.807) is 6.08 Å². The van der Waals surface area contributed by atoms with E-state index < -0.39 is 51.8 Å². The van der Waals surface area contributed by atoms with Gasteiger partial charge in [0.1, 0.15) is 11.9 Å². The summed E-state index contributed by atoms with van der Waals surface area (Å²) in [5, 5.41) is 51.3. The number of nitrogens with zero attached hydrogens (tertiary/aromatic N) is 1. The van der Waals surface area contributed by atoms with Gasteiger partial charge in [0, 0.05) is 6.42 Å². The van der Waals surface area contributed by atoms with Crippen LogP contribution in [0.5, 0.6) is 0 Å². The van der Waals surface area contributed by atoms with Crippen molar-refractivity contribution in [1.82, 2.24) is 0 Å². The highest BCUT2D eigenvalue weighted by Gasteiger charge is 2.63. The highest BCUT2D eigenvalue weighted by molar-refractivity contribution is 5.83. The highest BCUT2D eigenvalue weighted by Crippen LogP contribution is 2.43. The van der Waals surface area contributed by atoms with Crippen LogP contribution in [0.15, 0.2) is 47.4 Å². The first-order valence-electron chi connectivity index (χ1n) is 7.35. The van der Waals surface area contributed by atoms with E-state index in [1.807, 2.05) is 0 Å². The quantitative estimate of drug-likeness (QED) is 0.288. The van der Waals surface area contributed by atoms with Crippen LogP contribution >= 0.6 is 0 Å². The van der Waals surface area contributed by atoms with Gasteiger partial charge in [0.05, 0.1) is 16.8 Å². The fraction of sp³-hybridized carbons (Fsp3) is 0.312. The number of aliphatic carboxylic acids is 1. The molecule has 4 atom stereocenters. The van der Waals surface area contributed by atoms with Crippen molar-refractivity contribution in [3.63, 3.8) is 0 Å². The average molecular weight is 365 g/mol. The third kappa shape index (κ3) is 2.95. The lowest BCUT2D eigenvalue weighted by Gasteiger charge is -2.38. The van der Waals surface area contributed by atoms with Crippen LogP contribution in [0.3, 0.4) is 0 Å². The Kier molecular flexibility index (Phi) is 4.92. The maximum absolute atomic E-state index is 11.4. The lowest BCUT2D eigenvalue weighted by molar-refractivity contribution is -0.449.